The van der Waals surface area contributed by atoms with Crippen LogP contribution in [-0.2, 0) is 24.3 Å². The van der Waals surface area contributed by atoms with Crippen molar-refractivity contribution in [2.75, 3.05) is 20.1 Å². The Kier molecular flexibility index (Phi) is 4.66. The number of aliphatic imine (C=N–C) groups is 1. The minimum atomic E-state index is -0.00293. The van der Waals surface area contributed by atoms with Crippen molar-refractivity contribution < 1.29 is 4.79 Å². The predicted octanol–water partition coefficient (Wildman–Crippen LogP) is 0.385. The van der Waals surface area contributed by atoms with Gasteiger partial charge >= 0.3 is 0 Å². The van der Waals surface area contributed by atoms with Gasteiger partial charge in [-0.15, -0.1) is 0 Å². The van der Waals surface area contributed by atoms with Crippen LogP contribution in [0.4, 0.5) is 0 Å². The van der Waals surface area contributed by atoms with E-state index in [0.717, 1.165) is 44.7 Å². The number of rotatable bonds is 4. The van der Waals surface area contributed by atoms with Crippen LogP contribution in [-0.4, -0.2) is 41.2 Å². The van der Waals surface area contributed by atoms with Gasteiger partial charge in [0.2, 0.25) is 5.91 Å². The van der Waals surface area contributed by atoms with Gasteiger partial charge in [-0.2, -0.15) is 0 Å². The zero-order chi connectivity index (χ0) is 16.4. The summed E-state index contributed by atoms with van der Waals surface area (Å²) in [5.74, 6) is -0.00293. The second kappa shape index (κ2) is 6.71. The van der Waals surface area contributed by atoms with Gasteiger partial charge in [0.05, 0.1) is 0 Å². The molecule has 3 rings (SSSR count). The highest BCUT2D eigenvalue weighted by Crippen LogP contribution is 2.15. The summed E-state index contributed by atoms with van der Waals surface area (Å²) in [4.78, 5) is 18.2. The van der Waals surface area contributed by atoms with Crippen molar-refractivity contribution in [1.29, 1.82) is 0 Å². The van der Waals surface area contributed by atoms with Gasteiger partial charge in [-0.25, -0.2) is 4.99 Å². The molecule has 2 aliphatic rings. The standard InChI is InChI=1S/C18H26N4O/c1-13(2)20-18(23)5-4-9-22-16-6-8-19-11-14(16)15-12-21(3)10-7-17(15)22/h6,11,19H,4-5,7-10,12H2,1-3H3. The van der Waals surface area contributed by atoms with Crippen molar-refractivity contribution in [2.24, 2.45) is 4.99 Å². The number of nitrogens with zero attached hydrogens (tertiary/aromatic N) is 3. The van der Waals surface area contributed by atoms with Gasteiger partial charge in [0.1, 0.15) is 0 Å². The van der Waals surface area contributed by atoms with Crippen molar-refractivity contribution in [3.63, 3.8) is 0 Å². The van der Waals surface area contributed by atoms with Crippen LogP contribution in [0.25, 0.3) is 12.3 Å². The topological polar surface area (TPSA) is 49.6 Å². The van der Waals surface area contributed by atoms with Crippen LogP contribution in [0.5, 0.6) is 0 Å². The second-order valence-corrected chi connectivity index (χ2v) is 6.68. The Hall–Kier alpha value is -1.88. The largest absolute Gasteiger partial charge is 0.387 e. The summed E-state index contributed by atoms with van der Waals surface area (Å²) in [6.45, 7) is 7.62. The molecule has 1 amide bonds. The summed E-state index contributed by atoms with van der Waals surface area (Å²) >= 11 is 0. The predicted molar refractivity (Wildman–Crippen MR) is 93.7 cm³/mol. The highest BCUT2D eigenvalue weighted by molar-refractivity contribution is 5.92. The molecule has 124 valence electrons. The molecule has 1 N–H and O–H groups in total. The third-order valence-corrected chi connectivity index (χ3v) is 4.50. The van der Waals surface area contributed by atoms with E-state index in [0.29, 0.717) is 6.42 Å². The van der Waals surface area contributed by atoms with Gasteiger partial charge in [0, 0.05) is 67.2 Å². The maximum absolute atomic E-state index is 11.8. The number of fused-ring (bicyclic) bond motifs is 3. The van der Waals surface area contributed by atoms with Crippen LogP contribution in [0.1, 0.15) is 37.9 Å². The van der Waals surface area contributed by atoms with Gasteiger partial charge in [-0.3, -0.25) is 4.79 Å². The smallest absolute Gasteiger partial charge is 0.245 e. The molecule has 0 fully saturated rings. The zero-order valence-electron chi connectivity index (χ0n) is 14.4. The molecule has 0 saturated carbocycles. The van der Waals surface area contributed by atoms with Crippen molar-refractivity contribution in [3.05, 3.63) is 21.8 Å². The molecule has 1 aromatic rings. The first-order valence-electron chi connectivity index (χ1n) is 8.43. The van der Waals surface area contributed by atoms with Gasteiger partial charge in [-0.05, 0) is 39.0 Å². The van der Waals surface area contributed by atoms with Gasteiger partial charge in [-0.1, -0.05) is 0 Å². The van der Waals surface area contributed by atoms with E-state index in [-0.39, 0.29) is 5.91 Å². The molecule has 0 atom stereocenters. The van der Waals surface area contributed by atoms with Crippen LogP contribution < -0.4 is 15.9 Å². The molecule has 5 nitrogen and oxygen atoms in total. The lowest BCUT2D eigenvalue weighted by Gasteiger charge is -2.24. The van der Waals surface area contributed by atoms with Crippen LogP contribution in [0.15, 0.2) is 4.99 Å². The first-order chi connectivity index (χ1) is 11.1. The molecule has 1 aromatic heterocycles. The van der Waals surface area contributed by atoms with Gasteiger partial charge in [0.15, 0.2) is 0 Å². The molecule has 0 saturated heterocycles. The lowest BCUT2D eigenvalue weighted by atomic mass is 10.1. The van der Waals surface area contributed by atoms with Crippen molar-refractivity contribution in [2.45, 2.75) is 46.2 Å². The molecule has 0 aliphatic carbocycles. The third kappa shape index (κ3) is 3.39. The molecule has 0 bridgehead atoms. The minimum absolute atomic E-state index is 0.00293. The van der Waals surface area contributed by atoms with Crippen LogP contribution in [0.3, 0.4) is 0 Å². The van der Waals surface area contributed by atoms with E-state index >= 15 is 0 Å². The Morgan fingerprint density at radius 1 is 1.39 bits per heavy atom. The number of nitrogens with one attached hydrogen (secondary N) is 1. The summed E-state index contributed by atoms with van der Waals surface area (Å²) in [6.07, 6.45) is 6.87. The first kappa shape index (κ1) is 16.0. The normalized spacial score (nSPS) is 16.5. The number of aromatic nitrogens is 1. The quantitative estimate of drug-likeness (QED) is 0.818. The van der Waals surface area contributed by atoms with E-state index in [1.54, 1.807) is 0 Å². The minimum Gasteiger partial charge on any atom is -0.387 e. The number of hydrogen-bond donors (Lipinski definition) is 1. The summed E-state index contributed by atoms with van der Waals surface area (Å²) < 4.78 is 2.44. The molecule has 0 aromatic carbocycles. The summed E-state index contributed by atoms with van der Waals surface area (Å²) in [6, 6.07) is 0. The van der Waals surface area contributed by atoms with Crippen molar-refractivity contribution in [1.82, 2.24) is 14.8 Å². The first-order valence-corrected chi connectivity index (χ1v) is 8.43. The molecule has 2 aliphatic heterocycles. The van der Waals surface area contributed by atoms with E-state index in [1.807, 2.05) is 13.8 Å². The fraction of sp³-hybridized carbons (Fsp3) is 0.556. The van der Waals surface area contributed by atoms with E-state index in [2.05, 4.69) is 39.1 Å². The van der Waals surface area contributed by atoms with E-state index in [1.165, 1.54) is 21.8 Å². The van der Waals surface area contributed by atoms with Crippen LogP contribution in [0.2, 0.25) is 0 Å². The van der Waals surface area contributed by atoms with Crippen LogP contribution >= 0.6 is 0 Å². The van der Waals surface area contributed by atoms with Crippen molar-refractivity contribution >= 4 is 23.9 Å². The lowest BCUT2D eigenvalue weighted by Crippen LogP contribution is -2.37. The number of hydrogen-bond acceptors (Lipinski definition) is 3. The number of carbonyl (C=O) groups excluding carboxylic acids is 1. The highest BCUT2D eigenvalue weighted by Gasteiger charge is 2.21. The Balaban J connectivity index is 1.83. The zero-order valence-corrected chi connectivity index (χ0v) is 14.4. The summed E-state index contributed by atoms with van der Waals surface area (Å²) in [5.41, 5.74) is 3.74. The molecule has 3 heterocycles. The van der Waals surface area contributed by atoms with Gasteiger partial charge < -0.3 is 14.8 Å². The SMILES string of the molecule is CC(C)=NC(=O)CCCn1c2c(c3c1=CCNC=3)CN(C)CC2. The van der Waals surface area contributed by atoms with E-state index in [9.17, 15) is 4.79 Å². The monoisotopic (exact) mass is 314 g/mol. The molecule has 0 radical (unpaired) electrons. The summed E-state index contributed by atoms with van der Waals surface area (Å²) in [5, 5.41) is 6.00. The second-order valence-electron chi connectivity index (χ2n) is 6.68. The van der Waals surface area contributed by atoms with E-state index in [4.69, 9.17) is 0 Å². The Labute approximate surface area is 137 Å². The molecular weight excluding hydrogens is 288 g/mol. The average molecular weight is 314 g/mol. The fourth-order valence-electron chi connectivity index (χ4n) is 3.52. The number of likely N-dealkylation sites (N-methyl/N-ethyl adjacent to an activating group) is 1. The Morgan fingerprint density at radius 3 is 3.00 bits per heavy atom. The third-order valence-electron chi connectivity index (χ3n) is 4.50. The number of carbonyl (C=O) groups is 1. The van der Waals surface area contributed by atoms with Crippen LogP contribution in [0, 0.1) is 0 Å². The van der Waals surface area contributed by atoms with Gasteiger partial charge in [0.25, 0.3) is 0 Å². The average Bonchev–Trinajstić information content (AvgIpc) is 2.81. The highest BCUT2D eigenvalue weighted by atomic mass is 16.1. The number of amides is 1. The fourth-order valence-corrected chi connectivity index (χ4v) is 3.52. The molecule has 5 heteroatoms. The maximum atomic E-state index is 11.8. The maximum Gasteiger partial charge on any atom is 0.245 e. The molecular formula is C18H26N4O. The lowest BCUT2D eigenvalue weighted by molar-refractivity contribution is -0.117. The molecule has 23 heavy (non-hydrogen) atoms. The van der Waals surface area contributed by atoms with E-state index < -0.39 is 0 Å². The summed E-state index contributed by atoms with van der Waals surface area (Å²) in [7, 11) is 2.18. The Morgan fingerprint density at radius 2 is 2.22 bits per heavy atom. The Bertz CT molecular complexity index is 753. The molecule has 0 spiro atoms. The molecule has 0 unspecified atom stereocenters. The van der Waals surface area contributed by atoms with Crippen molar-refractivity contribution in [3.8, 4) is 0 Å².